The van der Waals surface area contributed by atoms with Gasteiger partial charge in [-0.15, -0.1) is 0 Å². The smallest absolute Gasteiger partial charge is 0.356 e. The van der Waals surface area contributed by atoms with E-state index in [1.165, 1.54) is 12.4 Å². The molecule has 8 nitrogen and oxygen atoms in total. The number of hydrogen-bond donors (Lipinski definition) is 1. The number of aromatic carboxylic acids is 1. The highest BCUT2D eigenvalue weighted by Gasteiger charge is 2.23. The van der Waals surface area contributed by atoms with Crippen molar-refractivity contribution in [2.75, 3.05) is 37.6 Å². The molecule has 1 aromatic heterocycles. The Morgan fingerprint density at radius 1 is 1.17 bits per heavy atom. The predicted octanol–water partition coefficient (Wildman–Crippen LogP) is 0.638. The summed E-state index contributed by atoms with van der Waals surface area (Å²) in [6.07, 6.45) is 2.72. The molecule has 23 heavy (non-hydrogen) atoms. The zero-order chi connectivity index (χ0) is 17.0. The predicted molar refractivity (Wildman–Crippen MR) is 83.5 cm³/mol. The topological polar surface area (TPSA) is 95.9 Å². The van der Waals surface area contributed by atoms with E-state index in [1.807, 2.05) is 30.6 Å². The van der Waals surface area contributed by atoms with E-state index in [-0.39, 0.29) is 18.2 Å². The molecule has 1 N–H and O–H groups in total. The van der Waals surface area contributed by atoms with Crippen LogP contribution in [0.25, 0.3) is 0 Å². The first kappa shape index (κ1) is 17.1. The van der Waals surface area contributed by atoms with Crippen molar-refractivity contribution in [3.63, 3.8) is 0 Å². The van der Waals surface area contributed by atoms with E-state index in [9.17, 15) is 9.59 Å². The molecule has 0 aliphatic carbocycles. The number of nitrogens with zero attached hydrogens (tertiary/aromatic N) is 4. The van der Waals surface area contributed by atoms with Crippen molar-refractivity contribution in [3.05, 3.63) is 18.1 Å². The summed E-state index contributed by atoms with van der Waals surface area (Å²) in [5.41, 5.74) is -0.544. The highest BCUT2D eigenvalue weighted by Crippen LogP contribution is 2.13. The molecule has 0 aromatic carbocycles. The summed E-state index contributed by atoms with van der Waals surface area (Å²) in [6.45, 7) is 8.64. The Kier molecular flexibility index (Phi) is 5.15. The number of piperazine rings is 1. The van der Waals surface area contributed by atoms with Gasteiger partial charge in [-0.3, -0.25) is 9.69 Å². The van der Waals surface area contributed by atoms with Crippen LogP contribution in [0.5, 0.6) is 0 Å². The lowest BCUT2D eigenvalue weighted by Crippen LogP contribution is -2.49. The van der Waals surface area contributed by atoms with Gasteiger partial charge >= 0.3 is 11.9 Å². The SMILES string of the molecule is CC(C)(C)OC(=O)CN1CCN(c2cnc(C(=O)O)cn2)CC1. The van der Waals surface area contributed by atoms with E-state index in [1.54, 1.807) is 0 Å². The fraction of sp³-hybridized carbons (Fsp3) is 0.600. The van der Waals surface area contributed by atoms with Crippen molar-refractivity contribution >= 4 is 17.8 Å². The van der Waals surface area contributed by atoms with Crippen molar-refractivity contribution in [2.45, 2.75) is 26.4 Å². The van der Waals surface area contributed by atoms with Gasteiger partial charge in [0.1, 0.15) is 11.4 Å². The molecule has 0 saturated carbocycles. The summed E-state index contributed by atoms with van der Waals surface area (Å²) in [6, 6.07) is 0. The summed E-state index contributed by atoms with van der Waals surface area (Å²) in [7, 11) is 0. The maximum absolute atomic E-state index is 11.8. The van der Waals surface area contributed by atoms with Gasteiger partial charge in [-0.25, -0.2) is 14.8 Å². The number of carboxylic acids is 1. The second-order valence-electron chi connectivity index (χ2n) is 6.41. The lowest BCUT2D eigenvalue weighted by molar-refractivity contribution is -0.156. The molecule has 0 amide bonds. The third-order valence-electron chi connectivity index (χ3n) is 3.33. The number of carbonyl (C=O) groups is 2. The number of aromatic nitrogens is 2. The van der Waals surface area contributed by atoms with Crippen LogP contribution >= 0.6 is 0 Å². The zero-order valence-corrected chi connectivity index (χ0v) is 13.7. The van der Waals surface area contributed by atoms with Gasteiger partial charge in [0.2, 0.25) is 0 Å². The van der Waals surface area contributed by atoms with E-state index in [0.717, 1.165) is 0 Å². The van der Waals surface area contributed by atoms with Crippen LogP contribution in [0.1, 0.15) is 31.3 Å². The molecule has 0 radical (unpaired) electrons. The van der Waals surface area contributed by atoms with Crippen LogP contribution < -0.4 is 4.90 Å². The Labute approximate surface area is 135 Å². The van der Waals surface area contributed by atoms with Crippen molar-refractivity contribution in [1.29, 1.82) is 0 Å². The van der Waals surface area contributed by atoms with Gasteiger partial charge in [0.05, 0.1) is 18.9 Å². The lowest BCUT2D eigenvalue weighted by atomic mass is 10.2. The van der Waals surface area contributed by atoms with Gasteiger partial charge in [-0.05, 0) is 20.8 Å². The largest absolute Gasteiger partial charge is 0.476 e. The first-order chi connectivity index (χ1) is 10.7. The highest BCUT2D eigenvalue weighted by molar-refractivity contribution is 5.84. The summed E-state index contributed by atoms with van der Waals surface area (Å²) >= 11 is 0. The molecule has 126 valence electrons. The van der Waals surface area contributed by atoms with Gasteiger partial charge in [-0.1, -0.05) is 0 Å². The highest BCUT2D eigenvalue weighted by atomic mass is 16.6. The molecular formula is C15H22N4O4. The number of carboxylic acid groups (broad SMARTS) is 1. The van der Waals surface area contributed by atoms with Crippen molar-refractivity contribution in [2.24, 2.45) is 0 Å². The fourth-order valence-corrected chi connectivity index (χ4v) is 2.29. The van der Waals surface area contributed by atoms with Gasteiger partial charge in [0, 0.05) is 26.2 Å². The summed E-state index contributed by atoms with van der Waals surface area (Å²) in [5.74, 6) is -0.672. The number of esters is 1. The number of rotatable bonds is 4. The van der Waals surface area contributed by atoms with Gasteiger partial charge in [-0.2, -0.15) is 0 Å². The van der Waals surface area contributed by atoms with Crippen molar-refractivity contribution < 1.29 is 19.4 Å². The van der Waals surface area contributed by atoms with E-state index in [2.05, 4.69) is 9.97 Å². The van der Waals surface area contributed by atoms with Crippen LogP contribution in [0, 0.1) is 0 Å². The number of hydrogen-bond acceptors (Lipinski definition) is 7. The average Bonchev–Trinajstić information content (AvgIpc) is 2.46. The van der Waals surface area contributed by atoms with Gasteiger partial charge in [0.25, 0.3) is 0 Å². The Hall–Kier alpha value is -2.22. The first-order valence-corrected chi connectivity index (χ1v) is 7.49. The molecule has 1 aromatic rings. The van der Waals surface area contributed by atoms with Crippen LogP contribution in [-0.4, -0.2) is 70.2 Å². The number of ether oxygens (including phenoxy) is 1. The van der Waals surface area contributed by atoms with Crippen LogP contribution in [0.15, 0.2) is 12.4 Å². The third-order valence-corrected chi connectivity index (χ3v) is 3.33. The Balaban J connectivity index is 1.84. The molecular weight excluding hydrogens is 300 g/mol. The normalized spacial score (nSPS) is 16.2. The minimum atomic E-state index is -1.09. The van der Waals surface area contributed by atoms with E-state index < -0.39 is 11.6 Å². The molecule has 1 fully saturated rings. The van der Waals surface area contributed by atoms with Gasteiger partial charge in [0.15, 0.2) is 5.69 Å². The zero-order valence-electron chi connectivity index (χ0n) is 13.7. The minimum Gasteiger partial charge on any atom is -0.476 e. The van der Waals surface area contributed by atoms with Crippen LogP contribution in [0.3, 0.4) is 0 Å². The molecule has 1 aliphatic heterocycles. The Morgan fingerprint density at radius 2 is 1.83 bits per heavy atom. The van der Waals surface area contributed by atoms with E-state index in [4.69, 9.17) is 9.84 Å². The maximum Gasteiger partial charge on any atom is 0.356 e. The third kappa shape index (κ3) is 5.17. The maximum atomic E-state index is 11.8. The van der Waals surface area contributed by atoms with Crippen LogP contribution in [0.2, 0.25) is 0 Å². The summed E-state index contributed by atoms with van der Waals surface area (Å²) in [4.78, 5) is 34.6. The average molecular weight is 322 g/mol. The first-order valence-electron chi connectivity index (χ1n) is 7.49. The molecule has 0 atom stereocenters. The monoisotopic (exact) mass is 322 g/mol. The van der Waals surface area contributed by atoms with Crippen LogP contribution in [-0.2, 0) is 9.53 Å². The van der Waals surface area contributed by atoms with Gasteiger partial charge < -0.3 is 14.7 Å². The fourth-order valence-electron chi connectivity index (χ4n) is 2.29. The minimum absolute atomic E-state index is 0.0719. The molecule has 0 bridgehead atoms. The Bertz CT molecular complexity index is 560. The molecule has 1 aliphatic rings. The van der Waals surface area contributed by atoms with Crippen molar-refractivity contribution in [1.82, 2.24) is 14.9 Å². The standard InChI is InChI=1S/C15H22N4O4/c1-15(2,3)23-13(20)10-18-4-6-19(7-5-18)12-9-16-11(8-17-12)14(21)22/h8-9H,4-7,10H2,1-3H3,(H,21,22). The second kappa shape index (κ2) is 6.91. The summed E-state index contributed by atoms with van der Waals surface area (Å²) in [5, 5.41) is 8.82. The quantitative estimate of drug-likeness (QED) is 0.807. The number of anilines is 1. The second-order valence-corrected chi connectivity index (χ2v) is 6.41. The lowest BCUT2D eigenvalue weighted by Gasteiger charge is -2.35. The Morgan fingerprint density at radius 3 is 2.30 bits per heavy atom. The van der Waals surface area contributed by atoms with Crippen molar-refractivity contribution in [3.8, 4) is 0 Å². The number of carbonyl (C=O) groups excluding carboxylic acids is 1. The molecule has 1 saturated heterocycles. The van der Waals surface area contributed by atoms with E-state index >= 15 is 0 Å². The molecule has 0 unspecified atom stereocenters. The van der Waals surface area contributed by atoms with Crippen LogP contribution in [0.4, 0.5) is 5.82 Å². The molecule has 0 spiro atoms. The van der Waals surface area contributed by atoms with E-state index in [0.29, 0.717) is 32.0 Å². The summed E-state index contributed by atoms with van der Waals surface area (Å²) < 4.78 is 5.32. The molecule has 8 heteroatoms. The molecule has 2 rings (SSSR count). The molecule has 2 heterocycles.